The topological polar surface area (TPSA) is 97.5 Å². The Kier molecular flexibility index (Phi) is 5.68. The number of carbonyl (C=O) groups is 2. The molecule has 1 amide bonds. The zero-order chi connectivity index (χ0) is 18.5. The van der Waals surface area contributed by atoms with Crippen LogP contribution < -0.4 is 10.9 Å². The molecule has 0 spiro atoms. The van der Waals surface area contributed by atoms with Gasteiger partial charge in [-0.1, -0.05) is 6.07 Å². The largest absolute Gasteiger partial charge is 0.464 e. The van der Waals surface area contributed by atoms with E-state index in [2.05, 4.69) is 10.3 Å². The van der Waals surface area contributed by atoms with E-state index in [1.807, 2.05) is 0 Å². The third-order valence-electron chi connectivity index (χ3n) is 4.50. The van der Waals surface area contributed by atoms with Crippen LogP contribution in [0.4, 0.5) is 0 Å². The molecule has 138 valence electrons. The van der Waals surface area contributed by atoms with E-state index in [0.29, 0.717) is 29.7 Å². The van der Waals surface area contributed by atoms with E-state index in [1.54, 1.807) is 31.2 Å². The minimum atomic E-state index is -0.763. The fourth-order valence-electron chi connectivity index (χ4n) is 3.23. The number of rotatable bonds is 5. The van der Waals surface area contributed by atoms with Crippen molar-refractivity contribution in [3.8, 4) is 0 Å². The van der Waals surface area contributed by atoms with E-state index < -0.39 is 12.0 Å². The number of fused-ring (bicyclic) bond motifs is 1. The number of aromatic nitrogens is 1. The molecule has 26 heavy (non-hydrogen) atoms. The van der Waals surface area contributed by atoms with Crippen LogP contribution in [0, 0.1) is 5.92 Å². The van der Waals surface area contributed by atoms with Gasteiger partial charge in [-0.3, -0.25) is 9.59 Å². The van der Waals surface area contributed by atoms with Gasteiger partial charge in [-0.15, -0.1) is 0 Å². The second-order valence-electron chi connectivity index (χ2n) is 6.27. The first-order valence-corrected chi connectivity index (χ1v) is 8.77. The molecule has 2 unspecified atom stereocenters. The third kappa shape index (κ3) is 3.94. The van der Waals surface area contributed by atoms with Gasteiger partial charge in [-0.05, 0) is 38.0 Å². The molecule has 1 aliphatic heterocycles. The molecule has 1 aromatic carbocycles. The lowest BCUT2D eigenvalue weighted by molar-refractivity contribution is -0.148. The van der Waals surface area contributed by atoms with Crippen molar-refractivity contribution >= 4 is 22.8 Å². The number of pyridine rings is 1. The molecule has 2 N–H and O–H groups in total. The Hall–Kier alpha value is -2.67. The van der Waals surface area contributed by atoms with Gasteiger partial charge in [0.25, 0.3) is 5.91 Å². The van der Waals surface area contributed by atoms with Crippen LogP contribution in [0.25, 0.3) is 10.9 Å². The summed E-state index contributed by atoms with van der Waals surface area (Å²) in [6.45, 7) is 3.05. The van der Waals surface area contributed by atoms with Gasteiger partial charge < -0.3 is 19.8 Å². The van der Waals surface area contributed by atoms with E-state index in [0.717, 1.165) is 12.8 Å². The van der Waals surface area contributed by atoms with Gasteiger partial charge in [0.1, 0.15) is 6.04 Å². The number of nitrogens with one attached hydrogen (secondary N) is 2. The lowest BCUT2D eigenvalue weighted by Crippen LogP contribution is -2.49. The average molecular weight is 358 g/mol. The molecule has 1 fully saturated rings. The molecule has 0 radical (unpaired) electrons. The zero-order valence-electron chi connectivity index (χ0n) is 14.6. The first-order chi connectivity index (χ1) is 12.6. The van der Waals surface area contributed by atoms with Crippen molar-refractivity contribution in [1.29, 1.82) is 0 Å². The molecule has 1 saturated heterocycles. The molecule has 7 nitrogen and oxygen atoms in total. The van der Waals surface area contributed by atoms with Crippen molar-refractivity contribution in [2.45, 2.75) is 25.8 Å². The highest BCUT2D eigenvalue weighted by Crippen LogP contribution is 2.20. The Morgan fingerprint density at radius 1 is 1.35 bits per heavy atom. The van der Waals surface area contributed by atoms with Crippen LogP contribution in [0.15, 0.2) is 35.1 Å². The fraction of sp³-hybridized carbons (Fsp3) is 0.421. The van der Waals surface area contributed by atoms with Crippen molar-refractivity contribution in [2.24, 2.45) is 5.92 Å². The second-order valence-corrected chi connectivity index (χ2v) is 6.27. The number of amides is 1. The van der Waals surface area contributed by atoms with E-state index in [9.17, 15) is 14.4 Å². The molecule has 0 aliphatic carbocycles. The number of hydrogen-bond donors (Lipinski definition) is 2. The molecule has 1 aromatic heterocycles. The van der Waals surface area contributed by atoms with Gasteiger partial charge in [0.2, 0.25) is 5.56 Å². The maximum Gasteiger partial charge on any atom is 0.329 e. The first kappa shape index (κ1) is 18.1. The molecular weight excluding hydrogens is 336 g/mol. The molecule has 2 heterocycles. The molecular formula is C19H22N2O5. The summed E-state index contributed by atoms with van der Waals surface area (Å²) in [6, 6.07) is 7.29. The number of ether oxygens (including phenoxy) is 2. The molecule has 2 aromatic rings. The maximum atomic E-state index is 12.9. The van der Waals surface area contributed by atoms with Crippen LogP contribution in [-0.4, -0.2) is 42.7 Å². The fourth-order valence-corrected chi connectivity index (χ4v) is 3.23. The van der Waals surface area contributed by atoms with E-state index in [4.69, 9.17) is 9.47 Å². The molecule has 0 saturated carbocycles. The van der Waals surface area contributed by atoms with E-state index in [1.165, 1.54) is 6.07 Å². The van der Waals surface area contributed by atoms with Crippen LogP contribution in [0.2, 0.25) is 0 Å². The van der Waals surface area contributed by atoms with Gasteiger partial charge in [0.05, 0.1) is 13.2 Å². The summed E-state index contributed by atoms with van der Waals surface area (Å²) in [5, 5.41) is 3.43. The SMILES string of the molecule is CCOC(=O)C(NC(=O)c1cccc2[nH]c(=O)ccc12)C1CCCOC1. The standard InChI is InChI=1S/C19H22N2O5/c1-2-26-19(24)17(12-5-4-10-25-11-12)21-18(23)14-6-3-7-15-13(14)8-9-16(22)20-15/h3,6-9,12,17H,2,4-5,10-11H2,1H3,(H,20,22)(H,21,23). The summed E-state index contributed by atoms with van der Waals surface area (Å²) in [5.74, 6) is -0.960. The van der Waals surface area contributed by atoms with Crippen LogP contribution in [0.5, 0.6) is 0 Å². The smallest absolute Gasteiger partial charge is 0.329 e. The van der Waals surface area contributed by atoms with Crippen molar-refractivity contribution in [3.63, 3.8) is 0 Å². The van der Waals surface area contributed by atoms with Crippen molar-refractivity contribution in [1.82, 2.24) is 10.3 Å². The van der Waals surface area contributed by atoms with Crippen LogP contribution >= 0.6 is 0 Å². The Bertz CT molecular complexity index is 854. The minimum Gasteiger partial charge on any atom is -0.464 e. The molecule has 0 bridgehead atoms. The van der Waals surface area contributed by atoms with Crippen LogP contribution in [-0.2, 0) is 14.3 Å². The summed E-state index contributed by atoms with van der Waals surface area (Å²) in [4.78, 5) is 39.4. The summed E-state index contributed by atoms with van der Waals surface area (Å²) in [5.41, 5.74) is 0.724. The highest BCUT2D eigenvalue weighted by atomic mass is 16.5. The third-order valence-corrected chi connectivity index (χ3v) is 4.50. The molecule has 1 aliphatic rings. The highest BCUT2D eigenvalue weighted by molar-refractivity contribution is 6.07. The normalized spacial score (nSPS) is 18.3. The number of H-pyrrole nitrogens is 1. The summed E-state index contributed by atoms with van der Waals surface area (Å²) < 4.78 is 10.6. The maximum absolute atomic E-state index is 12.9. The van der Waals surface area contributed by atoms with Crippen molar-refractivity contribution in [3.05, 3.63) is 46.2 Å². The number of benzene rings is 1. The molecule has 2 atom stereocenters. The molecule has 3 rings (SSSR count). The highest BCUT2D eigenvalue weighted by Gasteiger charge is 2.33. The van der Waals surface area contributed by atoms with Crippen LogP contribution in [0.3, 0.4) is 0 Å². The minimum absolute atomic E-state index is 0.124. The Labute approximate surface area is 150 Å². The summed E-state index contributed by atoms with van der Waals surface area (Å²) in [6.07, 6.45) is 1.62. The number of hydrogen-bond acceptors (Lipinski definition) is 5. The lowest BCUT2D eigenvalue weighted by atomic mass is 9.93. The summed E-state index contributed by atoms with van der Waals surface area (Å²) in [7, 11) is 0. The first-order valence-electron chi connectivity index (χ1n) is 8.77. The lowest BCUT2D eigenvalue weighted by Gasteiger charge is -2.29. The van der Waals surface area contributed by atoms with Gasteiger partial charge in [0.15, 0.2) is 0 Å². The number of esters is 1. The average Bonchev–Trinajstić information content (AvgIpc) is 2.66. The Morgan fingerprint density at radius 3 is 2.92 bits per heavy atom. The summed E-state index contributed by atoms with van der Waals surface area (Å²) >= 11 is 0. The van der Waals surface area contributed by atoms with Gasteiger partial charge in [-0.25, -0.2) is 4.79 Å². The zero-order valence-corrected chi connectivity index (χ0v) is 14.6. The monoisotopic (exact) mass is 358 g/mol. The van der Waals surface area contributed by atoms with E-state index >= 15 is 0 Å². The molecule has 7 heteroatoms. The quantitative estimate of drug-likeness (QED) is 0.792. The number of carbonyl (C=O) groups excluding carboxylic acids is 2. The van der Waals surface area contributed by atoms with Crippen molar-refractivity contribution in [2.75, 3.05) is 19.8 Å². The predicted molar refractivity (Wildman–Crippen MR) is 96.0 cm³/mol. The predicted octanol–water partition coefficient (Wildman–Crippen LogP) is 1.62. The van der Waals surface area contributed by atoms with Gasteiger partial charge in [0, 0.05) is 35.1 Å². The Balaban J connectivity index is 1.87. The van der Waals surface area contributed by atoms with Crippen LogP contribution in [0.1, 0.15) is 30.1 Å². The van der Waals surface area contributed by atoms with E-state index in [-0.39, 0.29) is 24.0 Å². The second kappa shape index (κ2) is 8.14. The Morgan fingerprint density at radius 2 is 2.19 bits per heavy atom. The van der Waals surface area contributed by atoms with Crippen molar-refractivity contribution < 1.29 is 19.1 Å². The van der Waals surface area contributed by atoms with Gasteiger partial charge in [-0.2, -0.15) is 0 Å². The number of aromatic amines is 1. The van der Waals surface area contributed by atoms with Gasteiger partial charge >= 0.3 is 5.97 Å².